The van der Waals surface area contributed by atoms with Gasteiger partial charge in [-0.05, 0) is 94.8 Å². The number of amides is 1. The number of para-hydroxylation sites is 1. The quantitative estimate of drug-likeness (QED) is 0.171. The molecule has 0 bridgehead atoms. The van der Waals surface area contributed by atoms with Gasteiger partial charge in [0.15, 0.2) is 5.78 Å². The number of Topliss-reactive ketones (excluding diaryl/α,β-unsaturated/α-hetero) is 1. The molecule has 54 heavy (non-hydrogen) atoms. The summed E-state index contributed by atoms with van der Waals surface area (Å²) in [5.74, 6) is 0.382. The molecule has 3 heterocycles. The summed E-state index contributed by atoms with van der Waals surface area (Å²) in [5, 5.41) is 21.6. The number of piperidine rings is 1. The summed E-state index contributed by atoms with van der Waals surface area (Å²) < 4.78 is 11.6. The smallest absolute Gasteiger partial charge is 0.410 e. The lowest BCUT2D eigenvalue weighted by atomic mass is 9.75. The number of rotatable bonds is 8. The minimum Gasteiger partial charge on any atom is -0.480 e. The van der Waals surface area contributed by atoms with Gasteiger partial charge in [0.25, 0.3) is 0 Å². The highest BCUT2D eigenvalue weighted by molar-refractivity contribution is 6.05. The molecule has 1 fully saturated rings. The van der Waals surface area contributed by atoms with Crippen LogP contribution in [-0.2, 0) is 33.8 Å². The van der Waals surface area contributed by atoms with Gasteiger partial charge in [-0.1, -0.05) is 55.5 Å². The number of carbonyl (C=O) groups is 3. The number of hydrogen-bond acceptors (Lipinski definition) is 10. The number of carboxylic acids is 1. The zero-order valence-electron chi connectivity index (χ0n) is 31.8. The fraction of sp³-hybridized carbons (Fsp3) is 0.381. The molecule has 0 saturated carbocycles. The van der Waals surface area contributed by atoms with Crippen LogP contribution in [0.25, 0.3) is 0 Å². The van der Waals surface area contributed by atoms with Crippen LogP contribution in [0, 0.1) is 30.6 Å². The highest BCUT2D eigenvalue weighted by atomic mass is 16.6. The van der Waals surface area contributed by atoms with Crippen LogP contribution >= 0.6 is 0 Å². The van der Waals surface area contributed by atoms with E-state index in [0.717, 1.165) is 59.9 Å². The molecule has 2 aliphatic rings. The molecule has 1 aromatic heterocycles. The third kappa shape index (κ3) is 9.59. The molecule has 1 unspecified atom stereocenters. The minimum absolute atomic E-state index is 0.136. The molecular formula is C42H48N6O6. The summed E-state index contributed by atoms with van der Waals surface area (Å²) in [6, 6.07) is 26.0. The highest BCUT2D eigenvalue weighted by Gasteiger charge is 2.48. The molecule has 1 amide bonds. The first-order valence-electron chi connectivity index (χ1n) is 18.1. The van der Waals surface area contributed by atoms with Gasteiger partial charge in [0, 0.05) is 37.4 Å². The molecule has 12 nitrogen and oxygen atoms in total. The Balaban J connectivity index is 0.000000251. The third-order valence-corrected chi connectivity index (χ3v) is 9.57. The van der Waals surface area contributed by atoms with Crippen molar-refractivity contribution in [1.82, 2.24) is 19.8 Å². The standard InChI is InChI=1S/C29H27N5O.C13H21NO5/c1-20-7-6-8-21(2)27(20)35-28-25-15-16-34(18-23-9-4-3-5-10-23)19-26(25)32-29(33-28)31-24-13-11-22(17-30)12-14-24;1-5-13(10(16)17)6-7-14(8-9(13)15)11(18)19-12(2,3)4/h3-14H,15-16,18-19H2,1-2H3,(H,31,32,33);5-8H2,1-4H3,(H,16,17). The number of carbonyl (C=O) groups excluding carboxylic acids is 2. The molecule has 3 aromatic carbocycles. The number of nitrogens with one attached hydrogen (secondary N) is 1. The molecule has 0 spiro atoms. The number of aliphatic carboxylic acids is 1. The van der Waals surface area contributed by atoms with Crippen LogP contribution in [-0.4, -0.2) is 68.0 Å². The number of aromatic nitrogens is 2. The van der Waals surface area contributed by atoms with Crippen LogP contribution in [0.5, 0.6) is 11.6 Å². The van der Waals surface area contributed by atoms with Crippen molar-refractivity contribution in [2.45, 2.75) is 79.5 Å². The topological polar surface area (TPSA) is 158 Å². The van der Waals surface area contributed by atoms with E-state index in [4.69, 9.17) is 24.7 Å². The molecule has 0 radical (unpaired) electrons. The summed E-state index contributed by atoms with van der Waals surface area (Å²) in [6.07, 6.45) is 0.621. The first-order chi connectivity index (χ1) is 25.7. The van der Waals surface area contributed by atoms with Gasteiger partial charge in [0.05, 0.1) is 23.9 Å². The van der Waals surface area contributed by atoms with Gasteiger partial charge in [0.1, 0.15) is 16.8 Å². The maximum atomic E-state index is 12.0. The van der Waals surface area contributed by atoms with E-state index in [1.807, 2.05) is 50.2 Å². The predicted octanol–water partition coefficient (Wildman–Crippen LogP) is 7.74. The average molecular weight is 733 g/mol. The van der Waals surface area contributed by atoms with Crippen molar-refractivity contribution in [2.24, 2.45) is 5.41 Å². The first kappa shape index (κ1) is 39.4. The largest absolute Gasteiger partial charge is 0.480 e. The molecule has 6 rings (SSSR count). The highest BCUT2D eigenvalue weighted by Crippen LogP contribution is 2.35. The van der Waals surface area contributed by atoms with Crippen LogP contribution < -0.4 is 10.1 Å². The van der Waals surface area contributed by atoms with E-state index in [2.05, 4.69) is 40.6 Å². The Bertz CT molecular complexity index is 2000. The molecule has 1 saturated heterocycles. The molecule has 2 aliphatic heterocycles. The van der Waals surface area contributed by atoms with Crippen molar-refractivity contribution < 1.29 is 29.0 Å². The summed E-state index contributed by atoms with van der Waals surface area (Å²) >= 11 is 0. The zero-order valence-corrected chi connectivity index (χ0v) is 31.8. The number of benzene rings is 3. The van der Waals surface area contributed by atoms with Crippen molar-refractivity contribution in [2.75, 3.05) is 25.0 Å². The fourth-order valence-corrected chi connectivity index (χ4v) is 6.48. The number of hydrogen-bond donors (Lipinski definition) is 2. The van der Waals surface area contributed by atoms with Gasteiger partial charge in [0.2, 0.25) is 11.8 Å². The minimum atomic E-state index is -1.35. The summed E-state index contributed by atoms with van der Waals surface area (Å²) in [7, 11) is 0. The number of anilines is 2. The Labute approximate surface area is 316 Å². The van der Waals surface area contributed by atoms with Gasteiger partial charge in [-0.3, -0.25) is 14.5 Å². The summed E-state index contributed by atoms with van der Waals surface area (Å²) in [6.45, 7) is 13.5. The van der Waals surface area contributed by atoms with Crippen molar-refractivity contribution in [3.8, 4) is 17.7 Å². The zero-order chi connectivity index (χ0) is 39.0. The summed E-state index contributed by atoms with van der Waals surface area (Å²) in [5.41, 5.74) is 4.90. The molecule has 12 heteroatoms. The van der Waals surface area contributed by atoms with Gasteiger partial charge in [-0.25, -0.2) is 9.78 Å². The molecular weight excluding hydrogens is 684 g/mol. The van der Waals surface area contributed by atoms with Crippen molar-refractivity contribution in [3.05, 3.63) is 106 Å². The van der Waals surface area contributed by atoms with Gasteiger partial charge in [-0.2, -0.15) is 10.2 Å². The Morgan fingerprint density at radius 3 is 2.24 bits per heavy atom. The predicted molar refractivity (Wildman–Crippen MR) is 205 cm³/mol. The Morgan fingerprint density at radius 1 is 0.963 bits per heavy atom. The number of aryl methyl sites for hydroxylation is 2. The SMILES string of the molecule is CCC1(C(=O)O)CCN(C(=O)OC(C)(C)C)CC1=O.Cc1cccc(C)c1Oc1nc(Nc2ccc(C#N)cc2)nc2c1CCN(Cc1ccccc1)C2. The maximum Gasteiger partial charge on any atom is 0.410 e. The van der Waals surface area contributed by atoms with E-state index in [-0.39, 0.29) is 25.9 Å². The maximum absolute atomic E-state index is 12.0. The first-order valence-corrected chi connectivity index (χ1v) is 18.1. The number of likely N-dealkylation sites (tertiary alicyclic amines) is 1. The van der Waals surface area contributed by atoms with E-state index in [9.17, 15) is 19.5 Å². The van der Waals surface area contributed by atoms with E-state index < -0.39 is 28.9 Å². The number of ether oxygens (including phenoxy) is 2. The van der Waals surface area contributed by atoms with Crippen LogP contribution in [0.3, 0.4) is 0 Å². The summed E-state index contributed by atoms with van der Waals surface area (Å²) in [4.78, 5) is 48.5. The number of ketones is 1. The Kier molecular flexibility index (Phi) is 12.3. The van der Waals surface area contributed by atoms with E-state index in [1.165, 1.54) is 10.5 Å². The lowest BCUT2D eigenvalue weighted by Gasteiger charge is -2.37. The van der Waals surface area contributed by atoms with E-state index in [0.29, 0.717) is 17.4 Å². The van der Waals surface area contributed by atoms with Crippen molar-refractivity contribution in [1.29, 1.82) is 5.26 Å². The molecule has 1 atom stereocenters. The van der Waals surface area contributed by atoms with Crippen LogP contribution in [0.15, 0.2) is 72.8 Å². The third-order valence-electron chi connectivity index (χ3n) is 9.57. The number of carboxylic acid groups (broad SMARTS) is 1. The second kappa shape index (κ2) is 16.9. The second-order valence-corrected chi connectivity index (χ2v) is 14.7. The Morgan fingerprint density at radius 2 is 1.65 bits per heavy atom. The average Bonchev–Trinajstić information content (AvgIpc) is 3.13. The number of fused-ring (bicyclic) bond motifs is 1. The van der Waals surface area contributed by atoms with E-state index in [1.54, 1.807) is 39.8 Å². The normalized spacial score (nSPS) is 17.0. The number of nitriles is 1. The van der Waals surface area contributed by atoms with Crippen LogP contribution in [0.2, 0.25) is 0 Å². The lowest BCUT2D eigenvalue weighted by Crippen LogP contribution is -2.54. The van der Waals surface area contributed by atoms with Crippen molar-refractivity contribution >= 4 is 29.5 Å². The van der Waals surface area contributed by atoms with Crippen LogP contribution in [0.4, 0.5) is 16.4 Å². The van der Waals surface area contributed by atoms with E-state index >= 15 is 0 Å². The van der Waals surface area contributed by atoms with Gasteiger partial charge >= 0.3 is 12.1 Å². The lowest BCUT2D eigenvalue weighted by molar-refractivity contribution is -0.158. The monoisotopic (exact) mass is 732 g/mol. The fourth-order valence-electron chi connectivity index (χ4n) is 6.48. The molecule has 282 valence electrons. The van der Waals surface area contributed by atoms with Crippen LogP contribution in [0.1, 0.15) is 74.0 Å². The molecule has 0 aliphatic carbocycles. The second-order valence-electron chi connectivity index (χ2n) is 14.7. The Hall–Kier alpha value is -5.80. The molecule has 2 N–H and O–H groups in total. The molecule has 4 aromatic rings. The van der Waals surface area contributed by atoms with Gasteiger partial charge in [-0.15, -0.1) is 0 Å². The van der Waals surface area contributed by atoms with Gasteiger partial charge < -0.3 is 24.8 Å². The van der Waals surface area contributed by atoms with Crippen molar-refractivity contribution in [3.63, 3.8) is 0 Å². The number of nitrogens with zero attached hydrogens (tertiary/aromatic N) is 5.